The summed E-state index contributed by atoms with van der Waals surface area (Å²) in [7, 11) is 5.73. The number of benzene rings is 2. The van der Waals surface area contributed by atoms with E-state index < -0.39 is 137 Å². The maximum Gasteiger partial charge on any atom is 0.332 e. The van der Waals surface area contributed by atoms with E-state index in [1.54, 1.807) is 46.8 Å². The predicted molar refractivity (Wildman–Crippen MR) is 299 cm³/mol. The van der Waals surface area contributed by atoms with Gasteiger partial charge >= 0.3 is 5.97 Å². The fourth-order valence-electron chi connectivity index (χ4n) is 11.5. The van der Waals surface area contributed by atoms with Gasteiger partial charge in [-0.3, -0.25) is 38.4 Å². The molecule has 0 radical (unpaired) electrons. The third kappa shape index (κ3) is 15.7. The van der Waals surface area contributed by atoms with Crippen LogP contribution in [0.2, 0.25) is 0 Å². The number of nitrogens with zero attached hydrogens (tertiary/aromatic N) is 5. The number of carbonyl (C=O) groups excluding carboxylic acids is 9. The standard InChI is InChI=1S/C60H90N8O11/c1-14-38(8)47-58(76)65(11)48(36(4)5)53(71)61-43(32-35(2)3)56(74)67(13)50(39(9)69)60(78)79-51(42-28-22-17-23-29-42)59(77)66(12)49(37(6)7)54(72)62-44(33-40-24-18-15-19-25-40)55(73)64(10)46(34-41-26-20-16-21-27-41)57(75)68-31-30-45(68)52(70)63-47/h15-16,18-21,24-27,35-39,42-51,69H,14,17,22-23,28-34H2,1-13H3,(H,61,71)(H,62,72)(H,63,70)/t38-,39+,43-,44-,45-,46-,47-,48-,49-,50-,51-/m0/s1. The second-order valence-electron chi connectivity index (χ2n) is 23.5. The van der Waals surface area contributed by atoms with Crippen LogP contribution in [-0.4, -0.2) is 178 Å². The molecule has 0 unspecified atom stereocenters. The Balaban J connectivity index is 1.67. The third-order valence-corrected chi connectivity index (χ3v) is 16.3. The monoisotopic (exact) mass is 1100 g/mol. The quantitative estimate of drug-likeness (QED) is 0.221. The molecule has 8 amide bonds. The van der Waals surface area contributed by atoms with Crippen molar-refractivity contribution < 1.29 is 53.0 Å². The first kappa shape index (κ1) is 63.5. The summed E-state index contributed by atoms with van der Waals surface area (Å²) in [6.45, 7) is 15.9. The van der Waals surface area contributed by atoms with Gasteiger partial charge in [0.15, 0.2) is 12.1 Å². The Morgan fingerprint density at radius 2 is 1.05 bits per heavy atom. The molecule has 2 heterocycles. The van der Waals surface area contributed by atoms with Gasteiger partial charge in [0.25, 0.3) is 5.91 Å². The number of rotatable bonds is 12. The van der Waals surface area contributed by atoms with Crippen molar-refractivity contribution in [2.24, 2.45) is 29.6 Å². The van der Waals surface area contributed by atoms with Gasteiger partial charge in [0.2, 0.25) is 41.4 Å². The number of amides is 8. The number of aliphatic hydroxyl groups excluding tert-OH is 1. The molecule has 0 bridgehead atoms. The van der Waals surface area contributed by atoms with Crippen LogP contribution in [0.5, 0.6) is 0 Å². The minimum Gasteiger partial charge on any atom is -0.450 e. The van der Waals surface area contributed by atoms with Crippen LogP contribution in [0.15, 0.2) is 60.7 Å². The van der Waals surface area contributed by atoms with Gasteiger partial charge < -0.3 is 50.3 Å². The number of carbonyl (C=O) groups is 9. The lowest BCUT2D eigenvalue weighted by Gasteiger charge is -2.44. The molecule has 19 heteroatoms. The van der Waals surface area contributed by atoms with Crippen molar-refractivity contribution in [3.05, 3.63) is 71.8 Å². The van der Waals surface area contributed by atoms with E-state index in [1.165, 1.54) is 54.7 Å². The maximum absolute atomic E-state index is 15.2. The summed E-state index contributed by atoms with van der Waals surface area (Å²) in [6.07, 6.45) is 1.34. The number of nitrogens with one attached hydrogen (secondary N) is 3. The summed E-state index contributed by atoms with van der Waals surface area (Å²) >= 11 is 0. The maximum atomic E-state index is 15.2. The summed E-state index contributed by atoms with van der Waals surface area (Å²) in [5.41, 5.74) is 1.43. The second-order valence-corrected chi connectivity index (χ2v) is 23.5. The lowest BCUT2D eigenvalue weighted by molar-refractivity contribution is -0.174. The summed E-state index contributed by atoms with van der Waals surface area (Å²) in [4.78, 5) is 140. The highest BCUT2D eigenvalue weighted by atomic mass is 16.6. The molecule has 2 aromatic rings. The van der Waals surface area contributed by atoms with Gasteiger partial charge in [-0.2, -0.15) is 0 Å². The fourth-order valence-corrected chi connectivity index (χ4v) is 11.5. The molecule has 79 heavy (non-hydrogen) atoms. The van der Waals surface area contributed by atoms with Crippen LogP contribution in [0.1, 0.15) is 125 Å². The molecule has 1 saturated carbocycles. The Bertz CT molecular complexity index is 2430. The van der Waals surface area contributed by atoms with Crippen LogP contribution >= 0.6 is 0 Å². The highest BCUT2D eigenvalue weighted by Crippen LogP contribution is 2.31. The summed E-state index contributed by atoms with van der Waals surface area (Å²) < 4.78 is 6.21. The summed E-state index contributed by atoms with van der Waals surface area (Å²) in [6, 6.07) is 8.34. The van der Waals surface area contributed by atoms with Crippen LogP contribution in [0.3, 0.4) is 0 Å². The average Bonchev–Trinajstić information content (AvgIpc) is 3.42. The molecule has 2 aliphatic heterocycles. The molecule has 0 aromatic heterocycles. The average molecular weight is 1100 g/mol. The van der Waals surface area contributed by atoms with Crippen molar-refractivity contribution in [2.45, 2.75) is 187 Å². The van der Waals surface area contributed by atoms with E-state index in [2.05, 4.69) is 16.0 Å². The molecular formula is C60H90N8O11. The first-order valence-corrected chi connectivity index (χ1v) is 28.6. The van der Waals surface area contributed by atoms with E-state index in [1.807, 2.05) is 69.3 Å². The number of ether oxygens (including phenoxy) is 1. The SMILES string of the molecule is CC[C@H](C)[C@@H]1NC(=O)[C@@H]2CCN2C(=O)[C@H](Cc2ccccc2)N(C)C(=O)[C@H](Cc2ccccc2)NC(=O)[C@H](C(C)C)N(C)C(=O)[C@H](C2CCCCC2)OC(=O)[C@H]([C@@H](C)O)N(C)C(=O)[C@H](CC(C)C)NC(=O)[C@H](C(C)C)N(C)C1=O. The van der Waals surface area contributed by atoms with Crippen LogP contribution in [0, 0.1) is 29.6 Å². The molecular weight excluding hydrogens is 1010 g/mol. The zero-order valence-corrected chi connectivity index (χ0v) is 49.0. The zero-order chi connectivity index (χ0) is 58.6. The number of fused-ring (bicyclic) bond motifs is 1. The molecule has 0 spiro atoms. The number of cyclic esters (lactones) is 1. The first-order chi connectivity index (χ1) is 37.3. The first-order valence-electron chi connectivity index (χ1n) is 28.6. The molecule has 19 nitrogen and oxygen atoms in total. The largest absolute Gasteiger partial charge is 0.450 e. The molecule has 4 N–H and O–H groups in total. The number of hydrogen-bond donors (Lipinski definition) is 4. The fraction of sp³-hybridized carbons (Fsp3) is 0.650. The Hall–Kier alpha value is -6.37. The minimum absolute atomic E-state index is 0.00475. The van der Waals surface area contributed by atoms with E-state index >= 15 is 14.4 Å². The minimum atomic E-state index is -1.65. The molecule has 3 fully saturated rings. The summed E-state index contributed by atoms with van der Waals surface area (Å²) in [5, 5.41) is 20.1. The second kappa shape index (κ2) is 28.7. The van der Waals surface area contributed by atoms with Crippen molar-refractivity contribution in [1.82, 2.24) is 40.4 Å². The van der Waals surface area contributed by atoms with Crippen LogP contribution < -0.4 is 16.0 Å². The number of likely N-dealkylation sites (N-methyl/N-ethyl adjacent to an activating group) is 4. The zero-order valence-electron chi connectivity index (χ0n) is 49.0. The highest BCUT2D eigenvalue weighted by molar-refractivity contribution is 5.99. The van der Waals surface area contributed by atoms with Gasteiger partial charge in [-0.1, -0.05) is 142 Å². The van der Waals surface area contributed by atoms with Crippen LogP contribution in [-0.2, 0) is 60.7 Å². The van der Waals surface area contributed by atoms with E-state index in [9.17, 15) is 33.9 Å². The van der Waals surface area contributed by atoms with Crippen molar-refractivity contribution in [3.63, 3.8) is 0 Å². The Kier molecular flexibility index (Phi) is 23.0. The molecule has 5 rings (SSSR count). The number of aliphatic hydroxyl groups is 1. The number of hydrogen-bond acceptors (Lipinski definition) is 11. The lowest BCUT2D eigenvalue weighted by atomic mass is 9.84. The normalized spacial score (nSPS) is 27.5. The van der Waals surface area contributed by atoms with Crippen LogP contribution in [0.4, 0.5) is 0 Å². The van der Waals surface area contributed by atoms with Crippen molar-refractivity contribution in [3.8, 4) is 0 Å². The molecule has 2 aromatic carbocycles. The van der Waals surface area contributed by atoms with Gasteiger partial charge in [-0.05, 0) is 67.4 Å². The summed E-state index contributed by atoms with van der Waals surface area (Å²) in [5.74, 6) is -8.24. The predicted octanol–water partition coefficient (Wildman–Crippen LogP) is 4.13. The van der Waals surface area contributed by atoms with Gasteiger partial charge in [0.1, 0.15) is 42.3 Å². The Labute approximate surface area is 468 Å². The van der Waals surface area contributed by atoms with Gasteiger partial charge in [0.05, 0.1) is 6.10 Å². The highest BCUT2D eigenvalue weighted by Gasteiger charge is 2.47. The van der Waals surface area contributed by atoms with Crippen molar-refractivity contribution in [2.75, 3.05) is 34.7 Å². The smallest absolute Gasteiger partial charge is 0.332 e. The van der Waals surface area contributed by atoms with E-state index in [4.69, 9.17) is 4.74 Å². The van der Waals surface area contributed by atoms with E-state index in [-0.39, 0.29) is 38.1 Å². The number of esters is 1. The van der Waals surface area contributed by atoms with Gasteiger partial charge in [-0.15, -0.1) is 0 Å². The Morgan fingerprint density at radius 1 is 0.557 bits per heavy atom. The van der Waals surface area contributed by atoms with E-state index in [0.29, 0.717) is 24.8 Å². The molecule has 2 saturated heterocycles. The van der Waals surface area contributed by atoms with E-state index in [0.717, 1.165) is 29.7 Å². The molecule has 3 aliphatic rings. The molecule has 436 valence electrons. The lowest BCUT2D eigenvalue weighted by Crippen LogP contribution is -2.66. The van der Waals surface area contributed by atoms with Gasteiger partial charge in [-0.25, -0.2) is 4.79 Å². The van der Waals surface area contributed by atoms with Crippen molar-refractivity contribution in [1.29, 1.82) is 0 Å². The molecule has 11 atom stereocenters. The topological polar surface area (TPSA) is 235 Å². The molecule has 1 aliphatic carbocycles. The Morgan fingerprint density at radius 3 is 1.53 bits per heavy atom. The third-order valence-electron chi connectivity index (χ3n) is 16.3. The van der Waals surface area contributed by atoms with Crippen molar-refractivity contribution >= 4 is 53.2 Å². The van der Waals surface area contributed by atoms with Gasteiger partial charge in [0, 0.05) is 53.5 Å². The van der Waals surface area contributed by atoms with Crippen LogP contribution in [0.25, 0.3) is 0 Å².